The lowest BCUT2D eigenvalue weighted by molar-refractivity contribution is 0.0936. The zero-order valence-electron chi connectivity index (χ0n) is 25.0. The number of ketones is 1. The molecule has 0 aliphatic heterocycles. The number of nitrogens with one attached hydrogen (secondary N) is 1. The molecule has 0 aliphatic carbocycles. The molecule has 8 heteroatoms. The number of nitrogens with zero attached hydrogens (tertiary/aromatic N) is 2. The van der Waals surface area contributed by atoms with Crippen molar-refractivity contribution in [1.82, 2.24) is 9.99 Å². The number of rotatable bonds is 23. The molecule has 1 N–H and O–H groups in total. The minimum atomic E-state index is -1.13. The third-order valence-electron chi connectivity index (χ3n) is 6.61. The Morgan fingerprint density at radius 1 is 0.821 bits per heavy atom. The fraction of sp³-hybridized carbons (Fsp3) is 0.710. The number of amides is 1. The van der Waals surface area contributed by atoms with Crippen molar-refractivity contribution >= 4 is 20.2 Å². The van der Waals surface area contributed by atoms with Crippen LogP contribution in [0.4, 0.5) is 0 Å². The Kier molecular flexibility index (Phi) is 19.8. The quantitative estimate of drug-likeness (QED) is 0.0822. The number of benzene rings is 1. The average Bonchev–Trinajstić information content (AvgIpc) is 2.92. The second-order valence-electron chi connectivity index (χ2n) is 10.6. The lowest BCUT2D eigenvalue weighted by Crippen LogP contribution is -2.33. The van der Waals surface area contributed by atoms with E-state index in [-0.39, 0.29) is 11.7 Å². The summed E-state index contributed by atoms with van der Waals surface area (Å²) in [6.07, 6.45) is 13.7. The lowest BCUT2D eigenvalue weighted by atomic mass is 9.98. The van der Waals surface area contributed by atoms with Crippen LogP contribution in [0.5, 0.6) is 0 Å². The number of Topliss-reactive ketones (excluding diaryl/α,β-unsaturated/α-hetero) is 1. The summed E-state index contributed by atoms with van der Waals surface area (Å²) in [4.78, 5) is 24.5. The number of hydrogen-bond acceptors (Lipinski definition) is 6. The van der Waals surface area contributed by atoms with Crippen molar-refractivity contribution in [2.45, 2.75) is 123 Å². The van der Waals surface area contributed by atoms with Gasteiger partial charge in [0.25, 0.3) is 14.4 Å². The molecule has 0 spiro atoms. The van der Waals surface area contributed by atoms with E-state index in [4.69, 9.17) is 14.3 Å². The summed E-state index contributed by atoms with van der Waals surface area (Å²) in [6, 6.07) is 9.86. The molecule has 0 saturated carbocycles. The minimum Gasteiger partial charge on any atom is -0.355 e. The molecule has 0 aromatic heterocycles. The Morgan fingerprint density at radius 3 is 1.82 bits per heavy atom. The molecule has 0 radical (unpaired) electrons. The molecule has 7 nitrogen and oxygen atoms in total. The number of unbranched alkanes of at least 4 members (excludes halogenated alkanes) is 10. The maximum Gasteiger partial charge on any atom is 0.259 e. The zero-order chi connectivity index (χ0) is 28.9. The van der Waals surface area contributed by atoms with Crippen molar-refractivity contribution < 1.29 is 18.6 Å². The van der Waals surface area contributed by atoms with Gasteiger partial charge in [-0.15, -0.1) is 0 Å². The minimum absolute atomic E-state index is 0.0555. The molecule has 0 heterocycles. The van der Waals surface area contributed by atoms with E-state index in [1.54, 1.807) is 25.2 Å². The van der Waals surface area contributed by atoms with Gasteiger partial charge in [0.1, 0.15) is 0 Å². The van der Waals surface area contributed by atoms with E-state index in [0.717, 1.165) is 25.7 Å². The largest absolute Gasteiger partial charge is 0.355 e. The molecule has 0 bridgehead atoms. The van der Waals surface area contributed by atoms with Crippen LogP contribution < -0.4 is 5.32 Å². The zero-order valence-corrected chi connectivity index (χ0v) is 25.9. The van der Waals surface area contributed by atoms with Crippen LogP contribution in [0.25, 0.3) is 0 Å². The van der Waals surface area contributed by atoms with Crippen molar-refractivity contribution in [3.8, 4) is 6.07 Å². The van der Waals surface area contributed by atoms with E-state index < -0.39 is 8.53 Å². The van der Waals surface area contributed by atoms with Gasteiger partial charge < -0.3 is 14.4 Å². The molecule has 0 saturated heterocycles. The van der Waals surface area contributed by atoms with Gasteiger partial charge in [-0.3, -0.25) is 9.59 Å². The third-order valence-corrected chi connectivity index (χ3v) is 8.72. The fourth-order valence-corrected chi connectivity index (χ4v) is 6.26. The second kappa shape index (κ2) is 21.9. The first-order valence-electron chi connectivity index (χ1n) is 14.9. The molecule has 1 unspecified atom stereocenters. The van der Waals surface area contributed by atoms with E-state index in [0.29, 0.717) is 49.3 Å². The van der Waals surface area contributed by atoms with Gasteiger partial charge >= 0.3 is 0 Å². The summed E-state index contributed by atoms with van der Waals surface area (Å²) in [5, 5.41) is 11.4. The third kappa shape index (κ3) is 14.9. The van der Waals surface area contributed by atoms with E-state index in [9.17, 15) is 9.59 Å². The van der Waals surface area contributed by atoms with Crippen LogP contribution in [-0.4, -0.2) is 48.7 Å². The molecule has 0 aliphatic rings. The second-order valence-corrected chi connectivity index (χ2v) is 12.0. The highest BCUT2D eigenvalue weighted by Gasteiger charge is 2.26. The van der Waals surface area contributed by atoms with E-state index in [2.05, 4.69) is 43.8 Å². The number of nitriles is 1. The van der Waals surface area contributed by atoms with Crippen LogP contribution in [0, 0.1) is 11.3 Å². The summed E-state index contributed by atoms with van der Waals surface area (Å²) >= 11 is 0. The molecule has 1 aromatic rings. The molecule has 1 amide bonds. The van der Waals surface area contributed by atoms with Crippen LogP contribution in [0.1, 0.15) is 132 Å². The first-order chi connectivity index (χ1) is 18.8. The average molecular weight is 562 g/mol. The van der Waals surface area contributed by atoms with Gasteiger partial charge in [-0.05, 0) is 46.6 Å². The van der Waals surface area contributed by atoms with Gasteiger partial charge in [-0.1, -0.05) is 76.0 Å². The number of carbonyl (C=O) groups is 2. The van der Waals surface area contributed by atoms with Gasteiger partial charge in [0.05, 0.1) is 31.3 Å². The summed E-state index contributed by atoms with van der Waals surface area (Å²) < 4.78 is 14.4. The molecule has 1 aromatic carbocycles. The summed E-state index contributed by atoms with van der Waals surface area (Å²) in [6.45, 7) is 9.75. The molecule has 220 valence electrons. The normalized spacial score (nSPS) is 12.2. The highest BCUT2D eigenvalue weighted by atomic mass is 31.2. The van der Waals surface area contributed by atoms with Crippen molar-refractivity contribution in [3.05, 3.63) is 35.4 Å². The molecular weight excluding hydrogens is 509 g/mol. The maximum atomic E-state index is 12.6. The van der Waals surface area contributed by atoms with Gasteiger partial charge in [0, 0.05) is 31.1 Å². The van der Waals surface area contributed by atoms with Gasteiger partial charge in [-0.2, -0.15) is 5.26 Å². The van der Waals surface area contributed by atoms with E-state index in [1.807, 2.05) is 6.07 Å². The van der Waals surface area contributed by atoms with Gasteiger partial charge in [-0.25, -0.2) is 4.67 Å². The maximum absolute atomic E-state index is 12.6. The highest BCUT2D eigenvalue weighted by molar-refractivity contribution is 7.44. The van der Waals surface area contributed by atoms with Crippen molar-refractivity contribution in [2.24, 2.45) is 0 Å². The van der Waals surface area contributed by atoms with Crippen molar-refractivity contribution in [2.75, 3.05) is 20.3 Å². The Hall–Kier alpha value is -1.84. The van der Waals surface area contributed by atoms with E-state index in [1.165, 1.54) is 44.9 Å². The highest BCUT2D eigenvalue weighted by Crippen LogP contribution is 2.46. The smallest absolute Gasteiger partial charge is 0.259 e. The van der Waals surface area contributed by atoms with Crippen LogP contribution in [0.15, 0.2) is 24.3 Å². The Labute approximate surface area is 239 Å². The monoisotopic (exact) mass is 561 g/mol. The summed E-state index contributed by atoms with van der Waals surface area (Å²) in [5.74, 6) is -0.154. The van der Waals surface area contributed by atoms with Gasteiger partial charge in [0.2, 0.25) is 0 Å². The number of carbonyl (C=O) groups excluding carboxylic acids is 2. The van der Waals surface area contributed by atoms with Crippen LogP contribution >= 0.6 is 8.53 Å². The van der Waals surface area contributed by atoms with Crippen molar-refractivity contribution in [1.29, 1.82) is 5.26 Å². The lowest BCUT2D eigenvalue weighted by Gasteiger charge is -2.35. The predicted molar refractivity (Wildman–Crippen MR) is 161 cm³/mol. The van der Waals surface area contributed by atoms with Gasteiger partial charge in [0.15, 0.2) is 5.78 Å². The van der Waals surface area contributed by atoms with E-state index >= 15 is 0 Å². The predicted octanol–water partition coefficient (Wildman–Crippen LogP) is 8.20. The fourth-order valence-electron chi connectivity index (χ4n) is 4.63. The first kappa shape index (κ1) is 35.2. The molecule has 39 heavy (non-hydrogen) atoms. The molecule has 1 rings (SSSR count). The molecular formula is C31H52N3O4P. The number of hydrogen-bond donors (Lipinski definition) is 1. The standard InChI is InChI=1S/C31H52N3O4P/c1-26(2)34(27(3)4)39(38-25-19-23-32)37-24-18-14-12-10-8-6-7-9-11-13-15-22-30(35)28-20-16-17-21-29(28)31(36)33-5/h16-17,20-21,26-27H,6-15,18-19,22,24-25H2,1-5H3,(H,33,36). The summed E-state index contributed by atoms with van der Waals surface area (Å²) in [7, 11) is 0.458. The van der Waals surface area contributed by atoms with Crippen molar-refractivity contribution in [3.63, 3.8) is 0 Å². The van der Waals surface area contributed by atoms with Crippen LogP contribution in [0.3, 0.4) is 0 Å². The Morgan fingerprint density at radius 2 is 1.31 bits per heavy atom. The topological polar surface area (TPSA) is 91.7 Å². The Balaban J connectivity index is 2.09. The Bertz CT molecular complexity index is 848. The first-order valence-corrected chi connectivity index (χ1v) is 16.0. The SMILES string of the molecule is CNC(=O)c1ccccc1C(=O)CCCCCCCCCCCCCOP(OCCC#N)N(C(C)C)C(C)C. The molecule has 1 atom stereocenters. The molecule has 0 fully saturated rings. The summed E-state index contributed by atoms with van der Waals surface area (Å²) in [5.41, 5.74) is 0.994. The van der Waals surface area contributed by atoms with Crippen LogP contribution in [0.2, 0.25) is 0 Å². The van der Waals surface area contributed by atoms with Crippen LogP contribution in [-0.2, 0) is 9.05 Å².